The standard InChI is InChI=1S/C27H23FN2O4S/c1-3-33-24-15-19(12-13-23(24)34-16-18-10-8-17(2)9-11-18)14-20-25(31)29-27(35)30(26(20)32)22-7-5-4-6-21(22)28/h4-15H,3,16H2,1-2H3,(H,29,31,35)/b20-14+. The summed E-state index contributed by atoms with van der Waals surface area (Å²) in [5, 5.41) is 2.27. The van der Waals surface area contributed by atoms with Crippen molar-refractivity contribution in [1.82, 2.24) is 5.32 Å². The Balaban J connectivity index is 1.61. The largest absolute Gasteiger partial charge is 0.490 e. The predicted molar refractivity (Wildman–Crippen MR) is 136 cm³/mol. The molecule has 178 valence electrons. The lowest BCUT2D eigenvalue weighted by molar-refractivity contribution is -0.122. The molecular weight excluding hydrogens is 467 g/mol. The number of para-hydroxylation sites is 1. The van der Waals surface area contributed by atoms with Gasteiger partial charge in [-0.2, -0.15) is 0 Å². The van der Waals surface area contributed by atoms with Crippen LogP contribution in [0.5, 0.6) is 11.5 Å². The summed E-state index contributed by atoms with van der Waals surface area (Å²) in [6, 6.07) is 18.8. The number of anilines is 1. The lowest BCUT2D eigenvalue weighted by Crippen LogP contribution is -2.54. The number of ether oxygens (including phenoxy) is 2. The van der Waals surface area contributed by atoms with Crippen molar-refractivity contribution in [3.05, 3.63) is 94.8 Å². The van der Waals surface area contributed by atoms with E-state index < -0.39 is 17.6 Å². The summed E-state index contributed by atoms with van der Waals surface area (Å²) in [7, 11) is 0. The van der Waals surface area contributed by atoms with Gasteiger partial charge in [0.2, 0.25) is 0 Å². The second kappa shape index (κ2) is 10.5. The minimum atomic E-state index is -0.721. The van der Waals surface area contributed by atoms with Gasteiger partial charge in [0.15, 0.2) is 16.6 Å². The number of aryl methyl sites for hydroxylation is 1. The maximum absolute atomic E-state index is 14.4. The van der Waals surface area contributed by atoms with Crippen molar-refractivity contribution in [1.29, 1.82) is 0 Å². The summed E-state index contributed by atoms with van der Waals surface area (Å²) in [6.45, 7) is 4.62. The molecule has 3 aromatic carbocycles. The molecule has 35 heavy (non-hydrogen) atoms. The fourth-order valence-corrected chi connectivity index (χ4v) is 3.80. The summed E-state index contributed by atoms with van der Waals surface area (Å²) in [6.07, 6.45) is 1.42. The van der Waals surface area contributed by atoms with Crippen molar-refractivity contribution in [2.45, 2.75) is 20.5 Å². The quantitative estimate of drug-likeness (QED) is 0.289. The van der Waals surface area contributed by atoms with Crippen LogP contribution in [0.2, 0.25) is 0 Å². The van der Waals surface area contributed by atoms with E-state index in [4.69, 9.17) is 21.7 Å². The SMILES string of the molecule is CCOc1cc(/C=C2\C(=O)NC(=S)N(c3ccccc3F)C2=O)ccc1OCc1ccc(C)cc1. The second-order valence-electron chi connectivity index (χ2n) is 7.82. The lowest BCUT2D eigenvalue weighted by Gasteiger charge is -2.29. The van der Waals surface area contributed by atoms with Crippen LogP contribution in [0, 0.1) is 12.7 Å². The van der Waals surface area contributed by atoms with Crippen LogP contribution in [0.1, 0.15) is 23.6 Å². The number of amides is 2. The Morgan fingerprint density at radius 3 is 2.46 bits per heavy atom. The first-order valence-corrected chi connectivity index (χ1v) is 11.4. The van der Waals surface area contributed by atoms with Crippen molar-refractivity contribution >= 4 is 40.9 Å². The van der Waals surface area contributed by atoms with E-state index in [1.807, 2.05) is 38.1 Å². The van der Waals surface area contributed by atoms with Gasteiger partial charge >= 0.3 is 0 Å². The minimum Gasteiger partial charge on any atom is -0.490 e. The molecule has 0 radical (unpaired) electrons. The average Bonchev–Trinajstić information content (AvgIpc) is 2.83. The summed E-state index contributed by atoms with van der Waals surface area (Å²) in [5.74, 6) is -1.01. The fourth-order valence-electron chi connectivity index (χ4n) is 3.52. The number of benzene rings is 3. The number of thiocarbonyl (C=S) groups is 1. The molecule has 1 aliphatic heterocycles. The highest BCUT2D eigenvalue weighted by Gasteiger charge is 2.35. The zero-order valence-corrected chi connectivity index (χ0v) is 20.0. The molecule has 0 aliphatic carbocycles. The molecule has 6 nitrogen and oxygen atoms in total. The van der Waals surface area contributed by atoms with Gasteiger partial charge in [0.05, 0.1) is 12.3 Å². The minimum absolute atomic E-state index is 0.0386. The van der Waals surface area contributed by atoms with E-state index in [0.29, 0.717) is 30.3 Å². The van der Waals surface area contributed by atoms with Crippen LogP contribution >= 0.6 is 12.2 Å². The van der Waals surface area contributed by atoms with E-state index in [-0.39, 0.29) is 16.4 Å². The third-order valence-corrected chi connectivity index (χ3v) is 5.57. The Kier molecular flexibility index (Phi) is 7.22. The number of carbonyl (C=O) groups is 2. The van der Waals surface area contributed by atoms with Crippen LogP contribution in [0.15, 0.2) is 72.3 Å². The third-order valence-electron chi connectivity index (χ3n) is 5.29. The van der Waals surface area contributed by atoms with E-state index in [2.05, 4.69) is 5.32 Å². The molecule has 0 unspecified atom stereocenters. The zero-order valence-electron chi connectivity index (χ0n) is 19.2. The number of nitrogens with zero attached hydrogens (tertiary/aromatic N) is 1. The molecule has 0 atom stereocenters. The highest BCUT2D eigenvalue weighted by Crippen LogP contribution is 2.31. The van der Waals surface area contributed by atoms with E-state index in [9.17, 15) is 14.0 Å². The van der Waals surface area contributed by atoms with Crippen molar-refractivity contribution in [2.75, 3.05) is 11.5 Å². The van der Waals surface area contributed by atoms with Crippen LogP contribution in [0.4, 0.5) is 10.1 Å². The van der Waals surface area contributed by atoms with Crippen molar-refractivity contribution in [3.63, 3.8) is 0 Å². The number of carbonyl (C=O) groups excluding carboxylic acids is 2. The van der Waals surface area contributed by atoms with Crippen LogP contribution in [-0.4, -0.2) is 23.5 Å². The molecule has 1 heterocycles. The molecule has 0 aromatic heterocycles. The summed E-state index contributed by atoms with van der Waals surface area (Å²) in [5.41, 5.74) is 2.49. The first kappa shape index (κ1) is 24.1. The summed E-state index contributed by atoms with van der Waals surface area (Å²) < 4.78 is 26.0. The molecule has 1 N–H and O–H groups in total. The topological polar surface area (TPSA) is 67.9 Å². The van der Waals surface area contributed by atoms with Crippen molar-refractivity contribution in [2.24, 2.45) is 0 Å². The predicted octanol–water partition coefficient (Wildman–Crippen LogP) is 4.94. The maximum atomic E-state index is 14.4. The zero-order chi connectivity index (χ0) is 24.9. The second-order valence-corrected chi connectivity index (χ2v) is 8.21. The monoisotopic (exact) mass is 490 g/mol. The molecule has 1 saturated heterocycles. The number of hydrogen-bond donors (Lipinski definition) is 1. The molecular formula is C27H23FN2O4S. The molecule has 0 spiro atoms. The van der Waals surface area contributed by atoms with Gasteiger partial charge in [-0.15, -0.1) is 0 Å². The van der Waals surface area contributed by atoms with Crippen molar-refractivity contribution < 1.29 is 23.5 Å². The maximum Gasteiger partial charge on any atom is 0.270 e. The molecule has 4 rings (SSSR count). The fraction of sp³-hybridized carbons (Fsp3) is 0.148. The molecule has 1 aliphatic rings. The Hall–Kier alpha value is -4.04. The molecule has 0 bridgehead atoms. The molecule has 8 heteroatoms. The van der Waals surface area contributed by atoms with Crippen LogP contribution in [-0.2, 0) is 16.2 Å². The number of nitrogens with one attached hydrogen (secondary N) is 1. The first-order valence-electron chi connectivity index (χ1n) is 11.0. The molecule has 1 fully saturated rings. The lowest BCUT2D eigenvalue weighted by atomic mass is 10.1. The number of halogens is 1. The van der Waals surface area contributed by atoms with Crippen molar-refractivity contribution in [3.8, 4) is 11.5 Å². The summed E-state index contributed by atoms with van der Waals surface area (Å²) in [4.78, 5) is 26.7. The third kappa shape index (κ3) is 5.38. The Morgan fingerprint density at radius 2 is 1.74 bits per heavy atom. The molecule has 3 aromatic rings. The summed E-state index contributed by atoms with van der Waals surface area (Å²) >= 11 is 5.13. The van der Waals surface area contributed by atoms with Gasteiger partial charge < -0.3 is 9.47 Å². The average molecular weight is 491 g/mol. The van der Waals surface area contributed by atoms with Gasteiger partial charge in [0.25, 0.3) is 11.8 Å². The molecule has 2 amide bonds. The van der Waals surface area contributed by atoms with E-state index in [1.54, 1.807) is 24.3 Å². The highest BCUT2D eigenvalue weighted by molar-refractivity contribution is 7.80. The van der Waals surface area contributed by atoms with Gasteiger partial charge in [-0.25, -0.2) is 9.29 Å². The van der Waals surface area contributed by atoms with Crippen LogP contribution in [0.25, 0.3) is 6.08 Å². The number of hydrogen-bond acceptors (Lipinski definition) is 5. The van der Waals surface area contributed by atoms with Crippen LogP contribution < -0.4 is 19.7 Å². The first-order chi connectivity index (χ1) is 16.9. The van der Waals surface area contributed by atoms with E-state index >= 15 is 0 Å². The van der Waals surface area contributed by atoms with Gasteiger partial charge in [-0.1, -0.05) is 48.0 Å². The van der Waals surface area contributed by atoms with E-state index in [1.165, 1.54) is 24.3 Å². The number of rotatable bonds is 7. The Bertz CT molecular complexity index is 1320. The highest BCUT2D eigenvalue weighted by atomic mass is 32.1. The van der Waals surface area contributed by atoms with Gasteiger partial charge in [-0.3, -0.25) is 14.9 Å². The normalized spacial score (nSPS) is 14.8. The Labute approximate surface area is 208 Å². The molecule has 0 saturated carbocycles. The Morgan fingerprint density at radius 1 is 1.00 bits per heavy atom. The van der Waals surface area contributed by atoms with E-state index in [0.717, 1.165) is 16.0 Å². The van der Waals surface area contributed by atoms with Gasteiger partial charge in [-0.05, 0) is 67.5 Å². The smallest absolute Gasteiger partial charge is 0.270 e. The van der Waals surface area contributed by atoms with Gasteiger partial charge in [0, 0.05) is 0 Å². The van der Waals surface area contributed by atoms with Crippen LogP contribution in [0.3, 0.4) is 0 Å². The van der Waals surface area contributed by atoms with Gasteiger partial charge in [0.1, 0.15) is 18.0 Å².